The zero-order valence-electron chi connectivity index (χ0n) is 11.9. The topological polar surface area (TPSA) is 43.1 Å². The highest BCUT2D eigenvalue weighted by atomic mass is 16.1. The lowest BCUT2D eigenvalue weighted by Crippen LogP contribution is -2.07. The number of anilines is 1. The van der Waals surface area contributed by atoms with Gasteiger partial charge in [-0.15, -0.1) is 0 Å². The van der Waals surface area contributed by atoms with Crippen LogP contribution in [0.5, 0.6) is 0 Å². The summed E-state index contributed by atoms with van der Waals surface area (Å²) in [5.74, 6) is 0.0432. The van der Waals surface area contributed by atoms with Crippen molar-refractivity contribution >= 4 is 11.5 Å². The number of aryl methyl sites for hydroxylation is 4. The molecule has 2 aromatic rings. The van der Waals surface area contributed by atoms with Gasteiger partial charge in [0.15, 0.2) is 5.78 Å². The molecule has 0 spiro atoms. The number of hydrogen-bond donors (Lipinski definition) is 1. The van der Waals surface area contributed by atoms with Gasteiger partial charge in [-0.05, 0) is 50.5 Å². The Morgan fingerprint density at radius 1 is 0.895 bits per heavy atom. The second-order valence-electron chi connectivity index (χ2n) is 5.17. The van der Waals surface area contributed by atoms with Gasteiger partial charge in [0.05, 0.1) is 0 Å². The number of carbonyl (C=O) groups excluding carboxylic acids is 1. The summed E-state index contributed by atoms with van der Waals surface area (Å²) >= 11 is 0. The molecule has 0 aliphatic heterocycles. The standard InChI is InChI=1S/C17H19NO/c1-10-7-12(3)16(13(4)8-10)17(19)14-6-5-11(2)15(18)9-14/h5-9H,18H2,1-4H3. The first kappa shape index (κ1) is 13.3. The summed E-state index contributed by atoms with van der Waals surface area (Å²) in [6.07, 6.45) is 0. The van der Waals surface area contributed by atoms with E-state index in [1.807, 2.05) is 52.0 Å². The monoisotopic (exact) mass is 253 g/mol. The molecule has 0 atom stereocenters. The van der Waals surface area contributed by atoms with E-state index in [1.54, 1.807) is 6.07 Å². The smallest absolute Gasteiger partial charge is 0.193 e. The minimum Gasteiger partial charge on any atom is -0.398 e. The lowest BCUT2D eigenvalue weighted by Gasteiger charge is -2.11. The normalized spacial score (nSPS) is 10.5. The largest absolute Gasteiger partial charge is 0.398 e. The average molecular weight is 253 g/mol. The maximum absolute atomic E-state index is 12.6. The number of ketones is 1. The molecule has 0 saturated heterocycles. The Labute approximate surface area is 114 Å². The summed E-state index contributed by atoms with van der Waals surface area (Å²) in [6, 6.07) is 9.57. The average Bonchev–Trinajstić information content (AvgIpc) is 2.31. The van der Waals surface area contributed by atoms with Crippen LogP contribution in [0.4, 0.5) is 5.69 Å². The van der Waals surface area contributed by atoms with Gasteiger partial charge in [0.2, 0.25) is 0 Å². The Bertz CT molecular complexity index is 633. The van der Waals surface area contributed by atoms with Crippen LogP contribution in [0.25, 0.3) is 0 Å². The first-order valence-electron chi connectivity index (χ1n) is 6.39. The van der Waals surface area contributed by atoms with Crippen LogP contribution >= 0.6 is 0 Å². The maximum atomic E-state index is 12.6. The molecule has 0 aliphatic rings. The molecular weight excluding hydrogens is 234 g/mol. The van der Waals surface area contributed by atoms with Crippen LogP contribution in [0.15, 0.2) is 30.3 Å². The van der Waals surface area contributed by atoms with Crippen molar-refractivity contribution < 1.29 is 4.79 Å². The summed E-state index contributed by atoms with van der Waals surface area (Å²) in [7, 11) is 0. The number of nitrogens with two attached hydrogens (primary N) is 1. The van der Waals surface area contributed by atoms with E-state index in [0.717, 1.165) is 22.3 Å². The van der Waals surface area contributed by atoms with Crippen molar-refractivity contribution in [3.05, 3.63) is 63.7 Å². The van der Waals surface area contributed by atoms with E-state index in [4.69, 9.17) is 5.73 Å². The van der Waals surface area contributed by atoms with E-state index >= 15 is 0 Å². The van der Waals surface area contributed by atoms with E-state index < -0.39 is 0 Å². The van der Waals surface area contributed by atoms with Crippen LogP contribution in [-0.4, -0.2) is 5.78 Å². The third kappa shape index (κ3) is 2.53. The van der Waals surface area contributed by atoms with Crippen LogP contribution < -0.4 is 5.73 Å². The second-order valence-corrected chi connectivity index (χ2v) is 5.17. The van der Waals surface area contributed by atoms with Gasteiger partial charge in [0.1, 0.15) is 0 Å². The fourth-order valence-electron chi connectivity index (χ4n) is 2.46. The molecule has 2 heteroatoms. The van der Waals surface area contributed by atoms with Gasteiger partial charge in [0.25, 0.3) is 0 Å². The first-order chi connectivity index (χ1) is 8.90. The Hall–Kier alpha value is -2.09. The summed E-state index contributed by atoms with van der Waals surface area (Å²) in [4.78, 5) is 12.6. The molecule has 2 nitrogen and oxygen atoms in total. The highest BCUT2D eigenvalue weighted by molar-refractivity contribution is 6.11. The molecular formula is C17H19NO. The first-order valence-corrected chi connectivity index (χ1v) is 6.39. The van der Waals surface area contributed by atoms with E-state index in [1.165, 1.54) is 5.56 Å². The van der Waals surface area contributed by atoms with Crippen LogP contribution in [0.3, 0.4) is 0 Å². The van der Waals surface area contributed by atoms with Gasteiger partial charge < -0.3 is 5.73 Å². The van der Waals surface area contributed by atoms with Crippen LogP contribution in [0, 0.1) is 27.7 Å². The van der Waals surface area contributed by atoms with Crippen molar-refractivity contribution in [2.45, 2.75) is 27.7 Å². The van der Waals surface area contributed by atoms with Crippen LogP contribution in [0.1, 0.15) is 38.2 Å². The van der Waals surface area contributed by atoms with E-state index in [-0.39, 0.29) is 5.78 Å². The molecule has 0 bridgehead atoms. The highest BCUT2D eigenvalue weighted by Gasteiger charge is 2.15. The molecule has 98 valence electrons. The number of nitrogen functional groups attached to an aromatic ring is 1. The molecule has 2 aromatic carbocycles. The second kappa shape index (κ2) is 4.88. The lowest BCUT2D eigenvalue weighted by molar-refractivity contribution is 0.103. The fraction of sp³-hybridized carbons (Fsp3) is 0.235. The number of carbonyl (C=O) groups is 1. The van der Waals surface area contributed by atoms with Crippen molar-refractivity contribution in [2.24, 2.45) is 0 Å². The van der Waals surface area contributed by atoms with Crippen molar-refractivity contribution in [3.8, 4) is 0 Å². The fourth-order valence-corrected chi connectivity index (χ4v) is 2.46. The number of rotatable bonds is 2. The molecule has 0 aliphatic carbocycles. The van der Waals surface area contributed by atoms with Crippen LogP contribution in [0.2, 0.25) is 0 Å². The minimum absolute atomic E-state index is 0.0432. The summed E-state index contributed by atoms with van der Waals surface area (Å²) in [5, 5.41) is 0. The van der Waals surface area contributed by atoms with E-state index in [0.29, 0.717) is 11.3 Å². The molecule has 0 aromatic heterocycles. The van der Waals surface area contributed by atoms with Gasteiger partial charge in [-0.2, -0.15) is 0 Å². The van der Waals surface area contributed by atoms with E-state index in [9.17, 15) is 4.79 Å². The van der Waals surface area contributed by atoms with Crippen molar-refractivity contribution in [2.75, 3.05) is 5.73 Å². The Morgan fingerprint density at radius 2 is 1.47 bits per heavy atom. The summed E-state index contributed by atoms with van der Waals surface area (Å²) in [5.41, 5.74) is 12.2. The van der Waals surface area contributed by atoms with Gasteiger partial charge in [0, 0.05) is 16.8 Å². The van der Waals surface area contributed by atoms with Gasteiger partial charge in [-0.3, -0.25) is 4.79 Å². The third-order valence-corrected chi connectivity index (χ3v) is 3.45. The minimum atomic E-state index is 0.0432. The Kier molecular flexibility index (Phi) is 3.43. The van der Waals surface area contributed by atoms with Gasteiger partial charge in [-0.1, -0.05) is 29.8 Å². The van der Waals surface area contributed by atoms with Crippen molar-refractivity contribution in [1.29, 1.82) is 0 Å². The molecule has 2 rings (SSSR count). The molecule has 0 fully saturated rings. The van der Waals surface area contributed by atoms with E-state index in [2.05, 4.69) is 0 Å². The zero-order valence-corrected chi connectivity index (χ0v) is 11.9. The molecule has 0 unspecified atom stereocenters. The predicted molar refractivity (Wildman–Crippen MR) is 79.7 cm³/mol. The molecule has 2 N–H and O–H groups in total. The highest BCUT2D eigenvalue weighted by Crippen LogP contribution is 2.22. The summed E-state index contributed by atoms with van der Waals surface area (Å²) in [6.45, 7) is 7.93. The lowest BCUT2D eigenvalue weighted by atomic mass is 9.92. The molecule has 19 heavy (non-hydrogen) atoms. The Morgan fingerprint density at radius 3 is 2.00 bits per heavy atom. The quantitative estimate of drug-likeness (QED) is 0.654. The zero-order chi connectivity index (χ0) is 14.2. The molecule has 0 radical (unpaired) electrons. The molecule has 0 heterocycles. The number of benzene rings is 2. The molecule has 0 saturated carbocycles. The van der Waals surface area contributed by atoms with Gasteiger partial charge in [-0.25, -0.2) is 0 Å². The SMILES string of the molecule is Cc1cc(C)c(C(=O)c2ccc(C)c(N)c2)c(C)c1. The van der Waals surface area contributed by atoms with Crippen molar-refractivity contribution in [3.63, 3.8) is 0 Å². The molecule has 0 amide bonds. The Balaban J connectivity index is 2.53. The van der Waals surface area contributed by atoms with Gasteiger partial charge >= 0.3 is 0 Å². The van der Waals surface area contributed by atoms with Crippen LogP contribution in [-0.2, 0) is 0 Å². The maximum Gasteiger partial charge on any atom is 0.193 e. The summed E-state index contributed by atoms with van der Waals surface area (Å²) < 4.78 is 0. The third-order valence-electron chi connectivity index (χ3n) is 3.45. The predicted octanol–water partition coefficient (Wildman–Crippen LogP) is 3.73. The van der Waals surface area contributed by atoms with Crippen molar-refractivity contribution in [1.82, 2.24) is 0 Å². The number of hydrogen-bond acceptors (Lipinski definition) is 2.